The molecule has 0 spiro atoms. The average Bonchev–Trinajstić information content (AvgIpc) is 2.65. The quantitative estimate of drug-likeness (QED) is 0.721. The van der Waals surface area contributed by atoms with Crippen molar-refractivity contribution >= 4 is 30.2 Å². The highest BCUT2D eigenvalue weighted by Crippen LogP contribution is 2.42. The predicted molar refractivity (Wildman–Crippen MR) is 106 cm³/mol. The van der Waals surface area contributed by atoms with E-state index in [1.165, 1.54) is 6.21 Å². The summed E-state index contributed by atoms with van der Waals surface area (Å²) in [6, 6.07) is 0. The van der Waals surface area contributed by atoms with Crippen LogP contribution >= 0.6 is 0 Å². The lowest BCUT2D eigenvalue weighted by molar-refractivity contribution is -0.159. The third-order valence-electron chi connectivity index (χ3n) is 5.45. The van der Waals surface area contributed by atoms with Crippen LogP contribution in [0.4, 0.5) is 4.79 Å². The molecular formula is C19H30N4O6. The number of aliphatic imine (C=N–C) groups is 2. The van der Waals surface area contributed by atoms with E-state index in [0.29, 0.717) is 26.2 Å². The number of piperazine rings is 1. The minimum absolute atomic E-state index is 0.00979. The van der Waals surface area contributed by atoms with Crippen molar-refractivity contribution in [2.24, 2.45) is 15.4 Å². The minimum Gasteiger partial charge on any atom is -0.480 e. The van der Waals surface area contributed by atoms with E-state index in [2.05, 4.69) is 9.98 Å². The Morgan fingerprint density at radius 2 is 1.66 bits per heavy atom. The van der Waals surface area contributed by atoms with Crippen molar-refractivity contribution in [2.75, 3.05) is 26.2 Å². The maximum Gasteiger partial charge on any atom is 0.410 e. The molecule has 2 rings (SSSR count). The molecule has 0 radical (unpaired) electrons. The molecule has 0 aromatic heterocycles. The number of carboxylic acids is 2. The van der Waals surface area contributed by atoms with Gasteiger partial charge in [-0.2, -0.15) is 0 Å². The molecule has 0 aromatic rings. The van der Waals surface area contributed by atoms with Gasteiger partial charge < -0.3 is 24.7 Å². The summed E-state index contributed by atoms with van der Waals surface area (Å²) in [6.45, 7) is 10.1. The van der Waals surface area contributed by atoms with Gasteiger partial charge in [0, 0.05) is 32.4 Å². The van der Waals surface area contributed by atoms with Crippen LogP contribution in [0.3, 0.4) is 0 Å². The zero-order chi connectivity index (χ0) is 22.0. The zero-order valence-corrected chi connectivity index (χ0v) is 17.6. The second-order valence-corrected chi connectivity index (χ2v) is 8.27. The molecule has 2 atom stereocenters. The number of amides is 1. The van der Waals surface area contributed by atoms with E-state index in [4.69, 9.17) is 4.74 Å². The molecule has 0 bridgehead atoms. The van der Waals surface area contributed by atoms with Gasteiger partial charge in [-0.15, -0.1) is 0 Å². The molecule has 1 fully saturated rings. The number of carbonyl (C=O) groups is 3. The Bertz CT molecular complexity index is 735. The molecule has 2 aliphatic rings. The summed E-state index contributed by atoms with van der Waals surface area (Å²) in [5.41, 5.74) is -4.14. The second-order valence-electron chi connectivity index (χ2n) is 8.27. The molecule has 0 saturated carbocycles. The fourth-order valence-corrected chi connectivity index (χ4v) is 3.69. The lowest BCUT2D eigenvalue weighted by Gasteiger charge is -2.43. The van der Waals surface area contributed by atoms with E-state index < -0.39 is 34.6 Å². The smallest absolute Gasteiger partial charge is 0.410 e. The molecule has 10 heteroatoms. The fraction of sp³-hybridized carbons (Fsp3) is 0.737. The molecule has 29 heavy (non-hydrogen) atoms. The van der Waals surface area contributed by atoms with Gasteiger partial charge in [0.25, 0.3) is 0 Å². The van der Waals surface area contributed by atoms with Crippen molar-refractivity contribution in [3.05, 3.63) is 0 Å². The highest BCUT2D eigenvalue weighted by Gasteiger charge is 2.61. The van der Waals surface area contributed by atoms with Gasteiger partial charge >= 0.3 is 18.0 Å². The first-order valence-corrected chi connectivity index (χ1v) is 9.77. The van der Waals surface area contributed by atoms with Crippen LogP contribution in [0.2, 0.25) is 0 Å². The Balaban J connectivity index is 2.24. The molecule has 2 aliphatic heterocycles. The summed E-state index contributed by atoms with van der Waals surface area (Å²) in [6.07, 6.45) is 0.871. The number of carboxylic acid groups (broad SMARTS) is 2. The van der Waals surface area contributed by atoms with Crippen molar-refractivity contribution in [3.8, 4) is 0 Å². The molecule has 162 valence electrons. The predicted octanol–water partition coefficient (Wildman–Crippen LogP) is 1.69. The summed E-state index contributed by atoms with van der Waals surface area (Å²) in [4.78, 5) is 48.3. The van der Waals surface area contributed by atoms with E-state index in [1.54, 1.807) is 44.4 Å². The zero-order valence-electron chi connectivity index (χ0n) is 17.6. The van der Waals surface area contributed by atoms with Gasteiger partial charge in [-0.3, -0.25) is 4.79 Å². The Morgan fingerprint density at radius 1 is 1.07 bits per heavy atom. The van der Waals surface area contributed by atoms with E-state index >= 15 is 0 Å². The van der Waals surface area contributed by atoms with Crippen molar-refractivity contribution in [2.45, 2.75) is 58.6 Å². The number of hydrogen-bond donors (Lipinski definition) is 2. The summed E-state index contributed by atoms with van der Waals surface area (Å²) >= 11 is 0. The first-order chi connectivity index (χ1) is 13.4. The van der Waals surface area contributed by atoms with Crippen LogP contribution in [0.25, 0.3) is 0 Å². The normalized spacial score (nSPS) is 27.4. The average molecular weight is 410 g/mol. The topological polar surface area (TPSA) is 132 Å². The van der Waals surface area contributed by atoms with Crippen molar-refractivity contribution in [3.63, 3.8) is 0 Å². The molecule has 2 unspecified atom stereocenters. The summed E-state index contributed by atoms with van der Waals surface area (Å²) < 4.78 is 5.37. The van der Waals surface area contributed by atoms with Crippen molar-refractivity contribution in [1.29, 1.82) is 0 Å². The molecule has 10 nitrogen and oxygen atoms in total. The molecule has 0 aromatic carbocycles. The number of hydrogen-bond acceptors (Lipinski definition) is 7. The molecule has 1 saturated heterocycles. The molecular weight excluding hydrogens is 380 g/mol. The highest BCUT2D eigenvalue weighted by atomic mass is 16.6. The Hall–Kier alpha value is -2.65. The Kier molecular flexibility index (Phi) is 6.24. The maximum absolute atomic E-state index is 12.2. The van der Waals surface area contributed by atoms with Crippen LogP contribution in [-0.4, -0.2) is 87.5 Å². The summed E-state index contributed by atoms with van der Waals surface area (Å²) in [5.74, 6) is -2.37. The van der Waals surface area contributed by atoms with Gasteiger partial charge in [-0.05, 0) is 33.6 Å². The van der Waals surface area contributed by atoms with Gasteiger partial charge in [0.2, 0.25) is 5.96 Å². The highest BCUT2D eigenvalue weighted by molar-refractivity contribution is 6.09. The lowest BCUT2D eigenvalue weighted by Crippen LogP contribution is -2.61. The van der Waals surface area contributed by atoms with Crippen LogP contribution in [-0.2, 0) is 14.3 Å². The van der Waals surface area contributed by atoms with E-state index in [-0.39, 0.29) is 18.8 Å². The van der Waals surface area contributed by atoms with Crippen LogP contribution in [0.1, 0.15) is 47.5 Å². The standard InChI is InChI=1S/C19H30N4O6/c1-6-18(13(24)25)12-20-15(21-19(18,7-2)14(26)27)22-8-10-23(11-9-22)16(28)29-17(3,4)5/h12H,6-11H2,1-5H3,(H,24,25)(H,26,27). The number of guanidine groups is 1. The van der Waals surface area contributed by atoms with Crippen LogP contribution in [0.5, 0.6) is 0 Å². The van der Waals surface area contributed by atoms with Gasteiger partial charge in [-0.1, -0.05) is 13.8 Å². The van der Waals surface area contributed by atoms with Gasteiger partial charge in [0.1, 0.15) is 11.0 Å². The molecule has 0 aliphatic carbocycles. The van der Waals surface area contributed by atoms with E-state index in [0.717, 1.165) is 0 Å². The number of nitrogens with zero attached hydrogens (tertiary/aromatic N) is 4. The second kappa shape index (κ2) is 8.00. The maximum atomic E-state index is 12.2. The Morgan fingerprint density at radius 3 is 2.07 bits per heavy atom. The lowest BCUT2D eigenvalue weighted by atomic mass is 9.66. The van der Waals surface area contributed by atoms with Crippen LogP contribution in [0, 0.1) is 5.41 Å². The molecule has 1 amide bonds. The minimum atomic E-state index is -1.84. The SMILES string of the molecule is CCC1(C(=O)O)C=NC(N2CCN(C(=O)OC(C)(C)C)CC2)=NC1(CC)C(=O)O. The number of aliphatic carboxylic acids is 2. The van der Waals surface area contributed by atoms with Crippen LogP contribution in [0.15, 0.2) is 9.98 Å². The van der Waals surface area contributed by atoms with E-state index in [9.17, 15) is 24.6 Å². The Labute approximate surface area is 170 Å². The van der Waals surface area contributed by atoms with Crippen molar-refractivity contribution < 1.29 is 29.3 Å². The van der Waals surface area contributed by atoms with Gasteiger partial charge in [-0.25, -0.2) is 19.6 Å². The van der Waals surface area contributed by atoms with E-state index in [1.807, 2.05) is 0 Å². The number of rotatable bonds is 4. The largest absolute Gasteiger partial charge is 0.480 e. The summed E-state index contributed by atoms with van der Waals surface area (Å²) in [7, 11) is 0. The van der Waals surface area contributed by atoms with Crippen LogP contribution < -0.4 is 0 Å². The number of carbonyl (C=O) groups excluding carboxylic acids is 1. The fourth-order valence-electron chi connectivity index (χ4n) is 3.69. The molecule has 2 N–H and O–H groups in total. The van der Waals surface area contributed by atoms with Gasteiger partial charge in [0.05, 0.1) is 0 Å². The third-order valence-corrected chi connectivity index (χ3v) is 5.45. The third kappa shape index (κ3) is 4.06. The first-order valence-electron chi connectivity index (χ1n) is 9.77. The number of ether oxygens (including phenoxy) is 1. The first kappa shape index (κ1) is 22.6. The molecule has 2 heterocycles. The summed E-state index contributed by atoms with van der Waals surface area (Å²) in [5, 5.41) is 19.7. The van der Waals surface area contributed by atoms with Gasteiger partial charge in [0.15, 0.2) is 5.54 Å². The monoisotopic (exact) mass is 410 g/mol. The van der Waals surface area contributed by atoms with Crippen molar-refractivity contribution in [1.82, 2.24) is 9.80 Å².